The van der Waals surface area contributed by atoms with Gasteiger partial charge >= 0.3 is 0 Å². The fourth-order valence-electron chi connectivity index (χ4n) is 2.95. The maximum atomic E-state index is 12.4. The van der Waals surface area contributed by atoms with Crippen molar-refractivity contribution in [1.82, 2.24) is 25.1 Å². The number of rotatable bonds is 6. The summed E-state index contributed by atoms with van der Waals surface area (Å²) >= 11 is 1.43. The molecule has 0 bridgehead atoms. The number of tetrazole rings is 1. The van der Waals surface area contributed by atoms with Crippen LogP contribution in [0.2, 0.25) is 0 Å². The van der Waals surface area contributed by atoms with Gasteiger partial charge in [-0.2, -0.15) is 0 Å². The van der Waals surface area contributed by atoms with Crippen LogP contribution in [0.25, 0.3) is 0 Å². The summed E-state index contributed by atoms with van der Waals surface area (Å²) in [5, 5.41) is 12.7. The number of carbonyl (C=O) groups excluding carboxylic acids is 1. The summed E-state index contributed by atoms with van der Waals surface area (Å²) in [5.41, 5.74) is 2.36. The molecule has 1 heterocycles. The zero-order chi connectivity index (χ0) is 16.9. The summed E-state index contributed by atoms with van der Waals surface area (Å²) in [7, 11) is 1.84. The molecule has 0 radical (unpaired) electrons. The van der Waals surface area contributed by atoms with Gasteiger partial charge in [0.15, 0.2) is 0 Å². The van der Waals surface area contributed by atoms with Gasteiger partial charge in [0.2, 0.25) is 11.1 Å². The van der Waals surface area contributed by atoms with Crippen LogP contribution in [0, 0.1) is 6.92 Å². The molecule has 0 unspecified atom stereocenters. The van der Waals surface area contributed by atoms with Gasteiger partial charge in [-0.15, -0.1) is 5.10 Å². The maximum absolute atomic E-state index is 12.4. The van der Waals surface area contributed by atoms with Crippen LogP contribution in [-0.4, -0.2) is 43.8 Å². The molecule has 6 nitrogen and oxygen atoms in total. The largest absolute Gasteiger partial charge is 0.341 e. The van der Waals surface area contributed by atoms with Crippen molar-refractivity contribution < 1.29 is 4.79 Å². The highest BCUT2D eigenvalue weighted by Gasteiger charge is 2.22. The lowest BCUT2D eigenvalue weighted by Crippen LogP contribution is -2.28. The lowest BCUT2D eigenvalue weighted by Gasteiger charge is -2.17. The maximum Gasteiger partial charge on any atom is 0.233 e. The number of benzene rings is 1. The second-order valence-electron chi connectivity index (χ2n) is 6.37. The zero-order valence-corrected chi connectivity index (χ0v) is 15.0. The van der Waals surface area contributed by atoms with Crippen LogP contribution in [-0.2, 0) is 11.3 Å². The van der Waals surface area contributed by atoms with Crippen molar-refractivity contribution in [2.75, 3.05) is 12.8 Å². The van der Waals surface area contributed by atoms with Gasteiger partial charge in [-0.25, -0.2) is 4.68 Å². The molecule has 1 aliphatic rings. The van der Waals surface area contributed by atoms with E-state index in [0.29, 0.717) is 18.3 Å². The van der Waals surface area contributed by atoms with Crippen LogP contribution >= 0.6 is 11.8 Å². The summed E-state index contributed by atoms with van der Waals surface area (Å²) in [6.45, 7) is 2.68. The van der Waals surface area contributed by atoms with E-state index in [4.69, 9.17) is 0 Å². The van der Waals surface area contributed by atoms with Gasteiger partial charge in [0.05, 0.1) is 11.8 Å². The lowest BCUT2D eigenvalue weighted by molar-refractivity contribution is -0.127. The number of nitrogens with zero attached hydrogens (tertiary/aromatic N) is 5. The third-order valence-corrected chi connectivity index (χ3v) is 5.34. The summed E-state index contributed by atoms with van der Waals surface area (Å²) in [6, 6.07) is 8.65. The first-order valence-electron chi connectivity index (χ1n) is 8.33. The Bertz CT molecular complexity index is 679. The Morgan fingerprint density at radius 1 is 1.29 bits per heavy atom. The van der Waals surface area contributed by atoms with Crippen molar-refractivity contribution in [2.24, 2.45) is 0 Å². The van der Waals surface area contributed by atoms with Crippen molar-refractivity contribution in [3.05, 3.63) is 35.4 Å². The number of aromatic nitrogens is 4. The summed E-state index contributed by atoms with van der Waals surface area (Å²) in [4.78, 5) is 14.1. The number of amides is 1. The summed E-state index contributed by atoms with van der Waals surface area (Å²) in [6.07, 6.45) is 4.71. The van der Waals surface area contributed by atoms with Crippen LogP contribution in [0.15, 0.2) is 29.4 Å². The molecular formula is C17H23N5OS. The Morgan fingerprint density at radius 3 is 2.71 bits per heavy atom. The highest BCUT2D eigenvalue weighted by Crippen LogP contribution is 2.31. The molecule has 0 aliphatic heterocycles. The second kappa shape index (κ2) is 7.79. The molecule has 1 saturated carbocycles. The topological polar surface area (TPSA) is 63.9 Å². The number of carbonyl (C=O) groups is 1. The van der Waals surface area contributed by atoms with Crippen LogP contribution in [0.5, 0.6) is 0 Å². The predicted molar refractivity (Wildman–Crippen MR) is 93.7 cm³/mol. The van der Waals surface area contributed by atoms with Crippen molar-refractivity contribution >= 4 is 17.7 Å². The molecule has 128 valence electrons. The van der Waals surface area contributed by atoms with Gasteiger partial charge in [0.1, 0.15) is 0 Å². The van der Waals surface area contributed by atoms with E-state index in [9.17, 15) is 4.79 Å². The number of hydrogen-bond donors (Lipinski definition) is 0. The Hall–Kier alpha value is -1.89. The Morgan fingerprint density at radius 2 is 2.00 bits per heavy atom. The fraction of sp³-hybridized carbons (Fsp3) is 0.529. The van der Waals surface area contributed by atoms with E-state index in [1.54, 1.807) is 4.90 Å². The third-order valence-electron chi connectivity index (χ3n) is 4.42. The normalized spacial score (nSPS) is 14.9. The first-order chi connectivity index (χ1) is 11.6. The number of aryl methyl sites for hydroxylation is 1. The Balaban J connectivity index is 1.53. The number of thioether (sulfide) groups is 1. The van der Waals surface area contributed by atoms with E-state index < -0.39 is 0 Å². The molecule has 1 amide bonds. The molecule has 1 aromatic carbocycles. The molecule has 1 aromatic heterocycles. The van der Waals surface area contributed by atoms with E-state index >= 15 is 0 Å². The van der Waals surface area contributed by atoms with E-state index in [1.807, 2.05) is 11.7 Å². The molecule has 1 fully saturated rings. The van der Waals surface area contributed by atoms with Crippen molar-refractivity contribution in [1.29, 1.82) is 0 Å². The van der Waals surface area contributed by atoms with Gasteiger partial charge in [-0.1, -0.05) is 54.4 Å². The molecule has 7 heteroatoms. The van der Waals surface area contributed by atoms with E-state index in [1.165, 1.54) is 30.2 Å². The van der Waals surface area contributed by atoms with Crippen LogP contribution in [0.4, 0.5) is 0 Å². The minimum absolute atomic E-state index is 0.0848. The van der Waals surface area contributed by atoms with Gasteiger partial charge in [0, 0.05) is 13.6 Å². The molecule has 3 rings (SSSR count). The van der Waals surface area contributed by atoms with Crippen LogP contribution in [0.1, 0.15) is 42.9 Å². The first-order valence-corrected chi connectivity index (χ1v) is 9.32. The summed E-state index contributed by atoms with van der Waals surface area (Å²) in [5.74, 6) is 0.441. The van der Waals surface area contributed by atoms with E-state index in [2.05, 4.69) is 46.7 Å². The minimum Gasteiger partial charge on any atom is -0.341 e. The quantitative estimate of drug-likeness (QED) is 0.753. The second-order valence-corrected chi connectivity index (χ2v) is 7.31. The standard InChI is InChI=1S/C17H23N5OS/c1-13-7-9-14(10-8-13)11-21(2)16(23)12-24-17-18-19-20-22(17)15-5-3-4-6-15/h7-10,15H,3-6,11-12H2,1-2H3. The average Bonchev–Trinajstić information content (AvgIpc) is 3.25. The minimum atomic E-state index is 0.0848. The molecule has 0 atom stereocenters. The lowest BCUT2D eigenvalue weighted by atomic mass is 10.1. The van der Waals surface area contributed by atoms with Crippen molar-refractivity contribution in [2.45, 2.75) is 50.4 Å². The van der Waals surface area contributed by atoms with Crippen LogP contribution < -0.4 is 0 Å². The monoisotopic (exact) mass is 345 g/mol. The molecule has 0 saturated heterocycles. The highest BCUT2D eigenvalue weighted by molar-refractivity contribution is 7.99. The first kappa shape index (κ1) is 17.0. The Kier molecular flexibility index (Phi) is 5.50. The highest BCUT2D eigenvalue weighted by atomic mass is 32.2. The summed E-state index contributed by atoms with van der Waals surface area (Å²) < 4.78 is 1.89. The van der Waals surface area contributed by atoms with Gasteiger partial charge in [-0.05, 0) is 35.8 Å². The molecule has 0 spiro atoms. The smallest absolute Gasteiger partial charge is 0.233 e. The van der Waals surface area contributed by atoms with Gasteiger partial charge in [0.25, 0.3) is 0 Å². The molecule has 1 aliphatic carbocycles. The third kappa shape index (κ3) is 4.14. The SMILES string of the molecule is Cc1ccc(CN(C)C(=O)CSc2nnnn2C2CCCC2)cc1. The van der Waals surface area contributed by atoms with Gasteiger partial charge in [-0.3, -0.25) is 4.79 Å². The molecular weight excluding hydrogens is 322 g/mol. The van der Waals surface area contributed by atoms with Crippen molar-refractivity contribution in [3.8, 4) is 0 Å². The van der Waals surface area contributed by atoms with E-state index in [-0.39, 0.29) is 5.91 Å². The van der Waals surface area contributed by atoms with E-state index in [0.717, 1.165) is 23.6 Å². The number of hydrogen-bond acceptors (Lipinski definition) is 5. The average molecular weight is 345 g/mol. The fourth-order valence-corrected chi connectivity index (χ4v) is 3.84. The molecule has 0 N–H and O–H groups in total. The molecule has 24 heavy (non-hydrogen) atoms. The predicted octanol–water partition coefficient (Wildman–Crippen LogP) is 2.85. The zero-order valence-electron chi connectivity index (χ0n) is 14.2. The Labute approximate surface area is 146 Å². The van der Waals surface area contributed by atoms with Crippen molar-refractivity contribution in [3.63, 3.8) is 0 Å². The van der Waals surface area contributed by atoms with Gasteiger partial charge < -0.3 is 4.90 Å². The van der Waals surface area contributed by atoms with Crippen LogP contribution in [0.3, 0.4) is 0 Å². The molecule has 2 aromatic rings.